The fourth-order valence-electron chi connectivity index (χ4n) is 16.4. The Morgan fingerprint density at radius 2 is 0.588 bits per heavy atom. The Balaban J connectivity index is 0.874. The number of nitrogens with zero attached hydrogens (tertiary/aromatic N) is 1. The van der Waals surface area contributed by atoms with Gasteiger partial charge in [-0.1, -0.05) is 232 Å². The highest BCUT2D eigenvalue weighted by molar-refractivity contribution is 5.94. The zero-order chi connectivity index (χ0) is 65.0. The van der Waals surface area contributed by atoms with Crippen LogP contribution in [0.25, 0.3) is 45.5 Å². The average Bonchev–Trinajstić information content (AvgIpc) is 1.59. The van der Waals surface area contributed by atoms with Crippen LogP contribution in [0.5, 0.6) is 34.5 Å². The molecule has 0 saturated carbocycles. The second kappa shape index (κ2) is 22.4. The lowest BCUT2D eigenvalue weighted by molar-refractivity contribution is 0.436. The van der Waals surface area contributed by atoms with Crippen molar-refractivity contribution >= 4 is 29.2 Å². The van der Waals surface area contributed by atoms with E-state index in [2.05, 4.69) is 218 Å². The van der Waals surface area contributed by atoms with Gasteiger partial charge in [-0.15, -0.1) is 0 Å². The Morgan fingerprint density at radius 3 is 0.990 bits per heavy atom. The van der Waals surface area contributed by atoms with Gasteiger partial charge in [-0.3, -0.25) is 0 Å². The van der Waals surface area contributed by atoms with Crippen LogP contribution in [-0.2, 0) is 16.2 Å². The number of fused-ring (bicyclic) bond motifs is 15. The van der Waals surface area contributed by atoms with E-state index in [9.17, 15) is 0 Å². The van der Waals surface area contributed by atoms with Crippen molar-refractivity contribution in [2.45, 2.75) is 16.2 Å². The molecule has 0 aromatic heterocycles. The van der Waals surface area contributed by atoms with Gasteiger partial charge in [0.1, 0.15) is 46.1 Å². The van der Waals surface area contributed by atoms with Gasteiger partial charge in [0.05, 0.1) is 16.2 Å². The molecule has 1 aliphatic heterocycles. The van der Waals surface area contributed by atoms with Gasteiger partial charge >= 0.3 is 0 Å². The molecule has 0 radical (unpaired) electrons. The minimum atomic E-state index is -0.952. The third kappa shape index (κ3) is 8.66. The fraction of sp³-hybridized carbons (Fsp3) is 0.0330. The number of anilines is 3. The van der Waals surface area contributed by atoms with Crippen LogP contribution in [0.2, 0.25) is 0 Å². The van der Waals surface area contributed by atoms with Crippen molar-refractivity contribution in [3.63, 3.8) is 0 Å². The minimum absolute atomic E-state index is 0.324. The standard InChI is InChI=1S/C91H59F2NO3/c1-3-58-25-44-69(45-26-58)95-71-48-33-62(34-49-71)89(60-29-37-64(92)38-30-60)79-19-9-5-17-75(79)77-52-41-66(55-85(77)89)94(68-43-54-84-88(57-68)97-87-24-14-13-23-83(87)91(84)81-21-11-7-15-73(81)74-16-8-12-22-82(74)91)67-42-53-78-76-18-6-10-20-80(76)90(86(78)56-67,61-31-39-65(93)40-32-61)63-35-50-72(51-36-63)96-70-46-27-59(4-2)28-47-70/h3-57H,1-2H2. The van der Waals surface area contributed by atoms with Crippen molar-refractivity contribution in [3.8, 4) is 67.9 Å². The summed E-state index contributed by atoms with van der Waals surface area (Å²) in [6.45, 7) is 7.86. The first-order valence-electron chi connectivity index (χ1n) is 32.7. The zero-order valence-corrected chi connectivity index (χ0v) is 52.6. The molecule has 6 heteroatoms. The highest BCUT2D eigenvalue weighted by Gasteiger charge is 2.52. The third-order valence-electron chi connectivity index (χ3n) is 20.5. The van der Waals surface area contributed by atoms with Crippen molar-refractivity contribution in [1.82, 2.24) is 0 Å². The van der Waals surface area contributed by atoms with E-state index in [1.165, 1.54) is 22.3 Å². The van der Waals surface area contributed by atoms with Crippen LogP contribution in [0.3, 0.4) is 0 Å². The monoisotopic (exact) mass is 1250 g/mol. The summed E-state index contributed by atoms with van der Waals surface area (Å²) in [5.74, 6) is 3.63. The molecule has 18 rings (SSSR count). The lowest BCUT2D eigenvalue weighted by Gasteiger charge is -2.40. The Labute approximate surface area is 562 Å². The van der Waals surface area contributed by atoms with E-state index in [1.54, 1.807) is 24.3 Å². The van der Waals surface area contributed by atoms with Crippen LogP contribution in [0.15, 0.2) is 335 Å². The summed E-state index contributed by atoms with van der Waals surface area (Å²) in [4.78, 5) is 2.36. The van der Waals surface area contributed by atoms with Crippen LogP contribution in [0.4, 0.5) is 25.8 Å². The Hall–Kier alpha value is -12.4. The summed E-state index contributed by atoms with van der Waals surface area (Å²) in [6, 6.07) is 110. The Bertz CT molecular complexity index is 5200. The smallest absolute Gasteiger partial charge is 0.134 e. The quantitative estimate of drug-likeness (QED) is 0.115. The molecule has 2 atom stereocenters. The molecular formula is C91H59F2NO3. The summed E-state index contributed by atoms with van der Waals surface area (Å²) >= 11 is 0. The number of rotatable bonds is 13. The van der Waals surface area contributed by atoms with Gasteiger partial charge in [0.25, 0.3) is 0 Å². The highest BCUT2D eigenvalue weighted by atomic mass is 19.1. The number of hydrogen-bond donors (Lipinski definition) is 0. The SMILES string of the molecule is C=Cc1ccc(Oc2ccc(C3(c4ccc(F)cc4)c4ccccc4-c4ccc(N(c5ccc6c(c5)Oc5ccccc5C65c6ccccc6-c6ccccc65)c5ccc6c(c5)C(c5ccc(F)cc5)(c5ccc(Oc7ccc(C=C)cc7)cc5)c5ccccc5-6)cc43)cc2)cc1. The summed E-state index contributed by atoms with van der Waals surface area (Å²) in [5, 5.41) is 0. The molecule has 3 aliphatic carbocycles. The van der Waals surface area contributed by atoms with Crippen LogP contribution in [0, 0.1) is 11.6 Å². The van der Waals surface area contributed by atoms with Crippen molar-refractivity contribution in [2.75, 3.05) is 4.90 Å². The first-order chi connectivity index (χ1) is 47.7. The topological polar surface area (TPSA) is 30.9 Å². The predicted molar refractivity (Wildman–Crippen MR) is 386 cm³/mol. The second-order valence-electron chi connectivity index (χ2n) is 25.3. The zero-order valence-electron chi connectivity index (χ0n) is 52.6. The van der Waals surface area contributed by atoms with Crippen LogP contribution in [0.1, 0.15) is 77.9 Å². The van der Waals surface area contributed by atoms with E-state index in [0.29, 0.717) is 23.0 Å². The van der Waals surface area contributed by atoms with E-state index < -0.39 is 16.2 Å². The van der Waals surface area contributed by atoms with Crippen molar-refractivity contribution in [2.24, 2.45) is 0 Å². The van der Waals surface area contributed by atoms with E-state index in [1.807, 2.05) is 109 Å². The number of ether oxygens (including phenoxy) is 3. The van der Waals surface area contributed by atoms with Crippen molar-refractivity contribution in [1.29, 1.82) is 0 Å². The minimum Gasteiger partial charge on any atom is -0.457 e. The van der Waals surface area contributed by atoms with Crippen LogP contribution in [-0.4, -0.2) is 0 Å². The summed E-state index contributed by atoms with van der Waals surface area (Å²) in [7, 11) is 0. The molecule has 14 aromatic rings. The van der Waals surface area contributed by atoms with E-state index in [4.69, 9.17) is 14.2 Å². The molecule has 2 unspecified atom stereocenters. The maximum Gasteiger partial charge on any atom is 0.134 e. The van der Waals surface area contributed by atoms with Crippen molar-refractivity contribution < 1.29 is 23.0 Å². The average molecular weight is 1250 g/mol. The van der Waals surface area contributed by atoms with Gasteiger partial charge in [-0.05, 0) is 209 Å². The second-order valence-corrected chi connectivity index (χ2v) is 25.3. The molecular weight excluding hydrogens is 1190 g/mol. The molecule has 0 amide bonds. The van der Waals surface area contributed by atoms with Gasteiger partial charge in [0.15, 0.2) is 0 Å². The molecule has 1 spiro atoms. The van der Waals surface area contributed by atoms with Gasteiger partial charge < -0.3 is 19.1 Å². The normalized spacial score (nSPS) is 15.9. The number of halogens is 2. The van der Waals surface area contributed by atoms with Gasteiger partial charge in [-0.2, -0.15) is 0 Å². The van der Waals surface area contributed by atoms with E-state index in [0.717, 1.165) is 118 Å². The maximum absolute atomic E-state index is 15.5. The first kappa shape index (κ1) is 57.3. The molecule has 0 saturated heterocycles. The van der Waals surface area contributed by atoms with E-state index >= 15 is 8.78 Å². The summed E-state index contributed by atoms with van der Waals surface area (Å²) in [5.41, 5.74) is 21.1. The number of benzene rings is 14. The third-order valence-corrected chi connectivity index (χ3v) is 20.5. The Kier molecular flexibility index (Phi) is 13.2. The summed E-state index contributed by atoms with van der Waals surface area (Å²) in [6.07, 6.45) is 3.63. The largest absolute Gasteiger partial charge is 0.457 e. The van der Waals surface area contributed by atoms with Crippen molar-refractivity contribution in [3.05, 3.63) is 424 Å². The van der Waals surface area contributed by atoms with Gasteiger partial charge in [0, 0.05) is 34.3 Å². The van der Waals surface area contributed by atoms with Gasteiger partial charge in [-0.25, -0.2) is 8.78 Å². The maximum atomic E-state index is 15.5. The fourth-order valence-corrected chi connectivity index (χ4v) is 16.4. The number of hydrogen-bond acceptors (Lipinski definition) is 4. The molecule has 0 bridgehead atoms. The molecule has 0 fully saturated rings. The molecule has 460 valence electrons. The molecule has 14 aromatic carbocycles. The number of para-hydroxylation sites is 1. The predicted octanol–water partition coefficient (Wildman–Crippen LogP) is 23.5. The lowest BCUT2D eigenvalue weighted by atomic mass is 9.66. The lowest BCUT2D eigenvalue weighted by Crippen LogP contribution is -2.32. The van der Waals surface area contributed by atoms with Gasteiger partial charge in [0.2, 0.25) is 0 Å². The molecule has 4 aliphatic rings. The molecule has 97 heavy (non-hydrogen) atoms. The summed E-state index contributed by atoms with van der Waals surface area (Å²) < 4.78 is 51.3. The molecule has 4 nitrogen and oxygen atoms in total. The molecule has 0 N–H and O–H groups in total. The molecule has 1 heterocycles. The van der Waals surface area contributed by atoms with E-state index in [-0.39, 0.29) is 11.6 Å². The van der Waals surface area contributed by atoms with Crippen LogP contribution >= 0.6 is 0 Å². The Morgan fingerprint density at radius 1 is 0.278 bits per heavy atom. The van der Waals surface area contributed by atoms with Crippen LogP contribution < -0.4 is 19.1 Å². The highest BCUT2D eigenvalue weighted by Crippen LogP contribution is 2.64. The first-order valence-corrected chi connectivity index (χ1v) is 32.7.